The average Bonchev–Trinajstić information content (AvgIpc) is 2.97. The molecule has 1 heterocycles. The molecule has 1 N–H and O–H groups in total. The van der Waals surface area contributed by atoms with Gasteiger partial charge in [-0.1, -0.05) is 6.07 Å². The maximum atomic E-state index is 13.2. The number of esters is 1. The van der Waals surface area contributed by atoms with Crippen molar-refractivity contribution in [3.8, 4) is 0 Å². The van der Waals surface area contributed by atoms with Gasteiger partial charge in [0.05, 0.1) is 13.2 Å². The highest BCUT2D eigenvalue weighted by Crippen LogP contribution is 2.22. The lowest BCUT2D eigenvalue weighted by atomic mass is 10.0. The zero-order valence-electron chi connectivity index (χ0n) is 11.7. The fourth-order valence-electron chi connectivity index (χ4n) is 2.00. The summed E-state index contributed by atoms with van der Waals surface area (Å²) >= 11 is 0. The molecule has 0 amide bonds. The summed E-state index contributed by atoms with van der Waals surface area (Å²) in [5.74, 6) is -1.73. The summed E-state index contributed by atoms with van der Waals surface area (Å²) in [6.45, 7) is 0. The average molecular weight is 295 g/mol. The molecule has 1 aromatic heterocycles. The topological polar surface area (TPSA) is 51.5 Å². The molecule has 0 aliphatic rings. The Morgan fingerprint density at radius 1 is 1.29 bits per heavy atom. The van der Waals surface area contributed by atoms with Gasteiger partial charge in [0.1, 0.15) is 5.76 Å². The van der Waals surface area contributed by atoms with Crippen molar-refractivity contribution in [1.82, 2.24) is 5.32 Å². The van der Waals surface area contributed by atoms with Crippen LogP contribution in [0.2, 0.25) is 0 Å². The number of carbonyl (C=O) groups is 1. The Hall–Kier alpha value is -2.21. The van der Waals surface area contributed by atoms with E-state index < -0.39 is 17.6 Å². The molecule has 1 unspecified atom stereocenters. The molecule has 0 fully saturated rings. The predicted molar refractivity (Wildman–Crippen MR) is 71.9 cm³/mol. The number of ether oxygens (including phenoxy) is 1. The van der Waals surface area contributed by atoms with Gasteiger partial charge in [0.15, 0.2) is 11.6 Å². The van der Waals surface area contributed by atoms with Gasteiger partial charge in [-0.3, -0.25) is 0 Å². The summed E-state index contributed by atoms with van der Waals surface area (Å²) in [5, 5.41) is 3.01. The highest BCUT2D eigenvalue weighted by molar-refractivity contribution is 5.86. The first-order chi connectivity index (χ1) is 10.0. The van der Waals surface area contributed by atoms with Gasteiger partial charge in [-0.05, 0) is 43.3 Å². The predicted octanol–water partition coefficient (Wildman–Crippen LogP) is 2.85. The molecule has 1 atom stereocenters. The minimum atomic E-state index is -0.892. The molecule has 0 saturated carbocycles. The molecular formula is C15H15F2NO3. The van der Waals surface area contributed by atoms with Crippen LogP contribution in [-0.2, 0) is 11.2 Å². The lowest BCUT2D eigenvalue weighted by Gasteiger charge is -2.13. The molecule has 2 rings (SSSR count). The van der Waals surface area contributed by atoms with Gasteiger partial charge < -0.3 is 14.5 Å². The quantitative estimate of drug-likeness (QED) is 0.862. The summed E-state index contributed by atoms with van der Waals surface area (Å²) in [7, 11) is 2.98. The van der Waals surface area contributed by atoms with E-state index in [0.717, 1.165) is 12.1 Å². The highest BCUT2D eigenvalue weighted by atomic mass is 19.2. The maximum absolute atomic E-state index is 13.2. The van der Waals surface area contributed by atoms with Crippen LogP contribution in [0.1, 0.15) is 27.9 Å². The Morgan fingerprint density at radius 3 is 2.67 bits per heavy atom. The Balaban J connectivity index is 2.17. The standard InChI is InChI=1S/C15H15F2NO3/c1-18-12(8-9-3-4-10(16)11(17)7-9)13-5-6-14(21-13)15(19)20-2/h3-7,12,18H,8H2,1-2H3. The lowest BCUT2D eigenvalue weighted by molar-refractivity contribution is 0.0562. The summed E-state index contributed by atoms with van der Waals surface area (Å²) in [6, 6.07) is 6.62. The van der Waals surface area contributed by atoms with Gasteiger partial charge in [0.25, 0.3) is 0 Å². The monoisotopic (exact) mass is 295 g/mol. The molecule has 21 heavy (non-hydrogen) atoms. The van der Waals surface area contributed by atoms with Crippen LogP contribution in [0.25, 0.3) is 0 Å². The fraction of sp³-hybridized carbons (Fsp3) is 0.267. The number of halogens is 2. The molecule has 4 nitrogen and oxygen atoms in total. The SMILES string of the molecule is CNC(Cc1ccc(F)c(F)c1)c1ccc(C(=O)OC)o1. The minimum absolute atomic E-state index is 0.0954. The smallest absolute Gasteiger partial charge is 0.373 e. The van der Waals surface area contributed by atoms with Crippen LogP contribution in [0.15, 0.2) is 34.7 Å². The van der Waals surface area contributed by atoms with Crippen LogP contribution in [0.5, 0.6) is 0 Å². The molecule has 0 radical (unpaired) electrons. The van der Waals surface area contributed by atoms with E-state index in [0.29, 0.717) is 17.7 Å². The van der Waals surface area contributed by atoms with E-state index in [9.17, 15) is 13.6 Å². The van der Waals surface area contributed by atoms with Gasteiger partial charge >= 0.3 is 5.97 Å². The zero-order chi connectivity index (χ0) is 15.4. The Morgan fingerprint density at radius 2 is 2.05 bits per heavy atom. The van der Waals surface area contributed by atoms with E-state index in [4.69, 9.17) is 4.42 Å². The third kappa shape index (κ3) is 3.46. The third-order valence-corrected chi connectivity index (χ3v) is 3.13. The number of hydrogen-bond donors (Lipinski definition) is 1. The second-order valence-corrected chi connectivity index (χ2v) is 4.49. The first-order valence-corrected chi connectivity index (χ1v) is 6.34. The van der Waals surface area contributed by atoms with Gasteiger partial charge in [0.2, 0.25) is 5.76 Å². The number of likely N-dealkylation sites (N-methyl/N-ethyl adjacent to an activating group) is 1. The van der Waals surface area contributed by atoms with E-state index in [2.05, 4.69) is 10.1 Å². The Kier molecular flexibility index (Phi) is 4.70. The Labute approximate surface area is 120 Å². The van der Waals surface area contributed by atoms with Crippen molar-refractivity contribution >= 4 is 5.97 Å². The van der Waals surface area contributed by atoms with E-state index in [1.54, 1.807) is 13.1 Å². The molecule has 112 valence electrons. The molecule has 0 aliphatic heterocycles. The van der Waals surface area contributed by atoms with Crippen LogP contribution < -0.4 is 5.32 Å². The van der Waals surface area contributed by atoms with Crippen molar-refractivity contribution in [2.75, 3.05) is 14.2 Å². The number of benzene rings is 1. The fourth-order valence-corrected chi connectivity index (χ4v) is 2.00. The molecule has 0 aliphatic carbocycles. The van der Waals surface area contributed by atoms with E-state index in [-0.39, 0.29) is 11.8 Å². The van der Waals surface area contributed by atoms with Crippen molar-refractivity contribution in [3.05, 3.63) is 59.1 Å². The van der Waals surface area contributed by atoms with Crippen LogP contribution in [0, 0.1) is 11.6 Å². The molecule has 0 saturated heterocycles. The summed E-state index contributed by atoms with van der Waals surface area (Å²) in [5.41, 5.74) is 0.615. The number of nitrogens with one attached hydrogen (secondary N) is 1. The van der Waals surface area contributed by atoms with Crippen LogP contribution in [-0.4, -0.2) is 20.1 Å². The van der Waals surface area contributed by atoms with E-state index in [1.807, 2.05) is 0 Å². The van der Waals surface area contributed by atoms with Crippen LogP contribution >= 0.6 is 0 Å². The molecule has 0 spiro atoms. The van der Waals surface area contributed by atoms with E-state index in [1.165, 1.54) is 19.2 Å². The van der Waals surface area contributed by atoms with Gasteiger partial charge in [-0.25, -0.2) is 13.6 Å². The summed E-state index contributed by atoms with van der Waals surface area (Å²) in [4.78, 5) is 11.4. The normalized spacial score (nSPS) is 12.2. The number of furan rings is 1. The second kappa shape index (κ2) is 6.49. The molecule has 6 heteroatoms. The number of rotatable bonds is 5. The number of methoxy groups -OCH3 is 1. The van der Waals surface area contributed by atoms with Crippen molar-refractivity contribution in [2.24, 2.45) is 0 Å². The summed E-state index contributed by atoms with van der Waals surface area (Å²) in [6.07, 6.45) is 0.391. The Bertz CT molecular complexity index is 640. The summed E-state index contributed by atoms with van der Waals surface area (Å²) < 4.78 is 36.1. The molecule has 1 aromatic carbocycles. The largest absolute Gasteiger partial charge is 0.463 e. The van der Waals surface area contributed by atoms with Crippen molar-refractivity contribution < 1.29 is 22.7 Å². The van der Waals surface area contributed by atoms with E-state index >= 15 is 0 Å². The number of hydrogen-bond acceptors (Lipinski definition) is 4. The first kappa shape index (κ1) is 15.2. The second-order valence-electron chi connectivity index (χ2n) is 4.49. The molecule has 0 bridgehead atoms. The first-order valence-electron chi connectivity index (χ1n) is 6.34. The number of carbonyl (C=O) groups excluding carboxylic acids is 1. The zero-order valence-corrected chi connectivity index (χ0v) is 11.7. The third-order valence-electron chi connectivity index (χ3n) is 3.13. The van der Waals surface area contributed by atoms with Crippen LogP contribution in [0.3, 0.4) is 0 Å². The molecular weight excluding hydrogens is 280 g/mol. The molecule has 2 aromatic rings. The van der Waals surface area contributed by atoms with Gasteiger partial charge in [-0.15, -0.1) is 0 Å². The lowest BCUT2D eigenvalue weighted by Crippen LogP contribution is -2.18. The van der Waals surface area contributed by atoms with Crippen LogP contribution in [0.4, 0.5) is 8.78 Å². The van der Waals surface area contributed by atoms with Gasteiger partial charge in [-0.2, -0.15) is 0 Å². The highest BCUT2D eigenvalue weighted by Gasteiger charge is 2.18. The van der Waals surface area contributed by atoms with Crippen molar-refractivity contribution in [1.29, 1.82) is 0 Å². The van der Waals surface area contributed by atoms with Gasteiger partial charge in [0, 0.05) is 0 Å². The van der Waals surface area contributed by atoms with Crippen molar-refractivity contribution in [2.45, 2.75) is 12.5 Å². The van der Waals surface area contributed by atoms with Crippen molar-refractivity contribution in [3.63, 3.8) is 0 Å². The maximum Gasteiger partial charge on any atom is 0.373 e. The minimum Gasteiger partial charge on any atom is -0.463 e.